The van der Waals surface area contributed by atoms with Crippen LogP contribution >= 0.6 is 0 Å². The Morgan fingerprint density at radius 2 is 1.82 bits per heavy atom. The zero-order valence-electron chi connectivity index (χ0n) is 9.77. The molecule has 3 rings (SSSR count). The summed E-state index contributed by atoms with van der Waals surface area (Å²) in [6.45, 7) is 2.29. The van der Waals surface area contributed by atoms with E-state index >= 15 is 0 Å². The van der Waals surface area contributed by atoms with Crippen molar-refractivity contribution in [2.45, 2.75) is 25.2 Å². The van der Waals surface area contributed by atoms with Gasteiger partial charge in [-0.1, -0.05) is 31.2 Å². The van der Waals surface area contributed by atoms with Gasteiger partial charge in [-0.05, 0) is 36.0 Å². The molecule has 1 saturated carbocycles. The lowest BCUT2D eigenvalue weighted by Crippen LogP contribution is -1.98. The summed E-state index contributed by atoms with van der Waals surface area (Å²) in [4.78, 5) is 10.6. The molecule has 0 radical (unpaired) electrons. The Morgan fingerprint density at radius 1 is 1.12 bits per heavy atom. The SMILES string of the molecule is CC1(c2ccc(-c3ccc(C=O)o3)cc2)CC1. The lowest BCUT2D eigenvalue weighted by atomic mass is 9.97. The van der Waals surface area contributed by atoms with Gasteiger partial charge in [-0.2, -0.15) is 0 Å². The highest BCUT2D eigenvalue weighted by molar-refractivity contribution is 5.72. The first-order chi connectivity index (χ1) is 8.21. The maximum Gasteiger partial charge on any atom is 0.185 e. The van der Waals surface area contributed by atoms with Crippen LogP contribution in [0.25, 0.3) is 11.3 Å². The molecule has 1 fully saturated rings. The van der Waals surface area contributed by atoms with Crippen LogP contribution in [0.15, 0.2) is 40.8 Å². The minimum absolute atomic E-state index is 0.373. The Kier molecular flexibility index (Phi) is 2.18. The number of furan rings is 1. The van der Waals surface area contributed by atoms with Gasteiger partial charge in [0.05, 0.1) is 0 Å². The van der Waals surface area contributed by atoms with Gasteiger partial charge < -0.3 is 4.42 Å². The van der Waals surface area contributed by atoms with Crippen LogP contribution in [0.1, 0.15) is 35.9 Å². The Hall–Kier alpha value is -1.83. The lowest BCUT2D eigenvalue weighted by molar-refractivity contribution is 0.110. The van der Waals surface area contributed by atoms with E-state index in [1.807, 2.05) is 6.07 Å². The molecule has 1 aromatic heterocycles. The van der Waals surface area contributed by atoms with E-state index in [2.05, 4.69) is 31.2 Å². The molecule has 0 saturated heterocycles. The number of rotatable bonds is 3. The highest BCUT2D eigenvalue weighted by Gasteiger charge is 2.38. The first-order valence-electron chi connectivity index (χ1n) is 5.87. The highest BCUT2D eigenvalue weighted by Crippen LogP contribution is 2.47. The van der Waals surface area contributed by atoms with Crippen LogP contribution in [0.5, 0.6) is 0 Å². The first-order valence-corrected chi connectivity index (χ1v) is 5.87. The van der Waals surface area contributed by atoms with Crippen LogP contribution in [0.2, 0.25) is 0 Å². The van der Waals surface area contributed by atoms with Gasteiger partial charge >= 0.3 is 0 Å². The molecule has 0 unspecified atom stereocenters. The third kappa shape index (κ3) is 1.80. The Morgan fingerprint density at radius 3 is 2.35 bits per heavy atom. The van der Waals surface area contributed by atoms with E-state index in [4.69, 9.17) is 4.42 Å². The van der Waals surface area contributed by atoms with Gasteiger partial charge in [0.25, 0.3) is 0 Å². The summed E-state index contributed by atoms with van der Waals surface area (Å²) in [6, 6.07) is 12.0. The van der Waals surface area contributed by atoms with E-state index in [1.54, 1.807) is 6.07 Å². The fourth-order valence-electron chi connectivity index (χ4n) is 2.08. The van der Waals surface area contributed by atoms with Gasteiger partial charge in [0.15, 0.2) is 12.0 Å². The second kappa shape index (κ2) is 3.59. The molecular formula is C15H14O2. The van der Waals surface area contributed by atoms with Crippen molar-refractivity contribution in [3.8, 4) is 11.3 Å². The second-order valence-corrected chi connectivity index (χ2v) is 4.96. The summed E-state index contributed by atoms with van der Waals surface area (Å²) >= 11 is 0. The average molecular weight is 226 g/mol. The summed E-state index contributed by atoms with van der Waals surface area (Å²) in [7, 11) is 0. The zero-order valence-corrected chi connectivity index (χ0v) is 9.77. The van der Waals surface area contributed by atoms with Crippen LogP contribution in [-0.4, -0.2) is 6.29 Å². The highest BCUT2D eigenvalue weighted by atomic mass is 16.3. The molecule has 2 aromatic rings. The van der Waals surface area contributed by atoms with Gasteiger partial charge in [-0.25, -0.2) is 0 Å². The number of carbonyl (C=O) groups is 1. The van der Waals surface area contributed by atoms with Crippen LogP contribution in [-0.2, 0) is 5.41 Å². The van der Waals surface area contributed by atoms with Crippen molar-refractivity contribution in [2.75, 3.05) is 0 Å². The Balaban J connectivity index is 1.91. The summed E-state index contributed by atoms with van der Waals surface area (Å²) < 4.78 is 5.39. The topological polar surface area (TPSA) is 30.2 Å². The maximum atomic E-state index is 10.6. The van der Waals surface area contributed by atoms with E-state index in [0.29, 0.717) is 11.2 Å². The van der Waals surface area contributed by atoms with Gasteiger partial charge in [-0.3, -0.25) is 4.79 Å². The normalized spacial score (nSPS) is 16.8. The summed E-state index contributed by atoms with van der Waals surface area (Å²) in [6.07, 6.45) is 3.29. The Labute approximate surface area is 100 Å². The van der Waals surface area contributed by atoms with Crippen molar-refractivity contribution < 1.29 is 9.21 Å². The molecule has 1 aliphatic carbocycles. The monoisotopic (exact) mass is 226 g/mol. The summed E-state index contributed by atoms with van der Waals surface area (Å²) in [5.41, 5.74) is 2.81. The molecule has 2 nitrogen and oxygen atoms in total. The Bertz CT molecular complexity index is 545. The second-order valence-electron chi connectivity index (χ2n) is 4.96. The van der Waals surface area contributed by atoms with E-state index in [1.165, 1.54) is 18.4 Å². The van der Waals surface area contributed by atoms with Crippen LogP contribution in [0.3, 0.4) is 0 Å². The quantitative estimate of drug-likeness (QED) is 0.745. The minimum atomic E-state index is 0.373. The summed E-state index contributed by atoms with van der Waals surface area (Å²) in [5, 5.41) is 0. The van der Waals surface area contributed by atoms with Crippen LogP contribution in [0, 0.1) is 0 Å². The third-order valence-electron chi connectivity index (χ3n) is 3.61. The summed E-state index contributed by atoms with van der Waals surface area (Å²) in [5.74, 6) is 1.12. The van der Waals surface area contributed by atoms with E-state index in [-0.39, 0.29) is 0 Å². The molecule has 0 N–H and O–H groups in total. The number of hydrogen-bond donors (Lipinski definition) is 0. The van der Waals surface area contributed by atoms with Crippen molar-refractivity contribution in [2.24, 2.45) is 0 Å². The average Bonchev–Trinajstić information content (AvgIpc) is 2.95. The van der Waals surface area contributed by atoms with Crippen LogP contribution < -0.4 is 0 Å². The maximum absolute atomic E-state index is 10.6. The first kappa shape index (κ1) is 10.3. The molecule has 1 aromatic carbocycles. The van der Waals surface area contributed by atoms with Gasteiger partial charge in [0, 0.05) is 5.56 Å². The van der Waals surface area contributed by atoms with Crippen molar-refractivity contribution >= 4 is 6.29 Å². The molecule has 0 aliphatic heterocycles. The molecule has 1 aliphatic rings. The van der Waals surface area contributed by atoms with E-state index < -0.39 is 0 Å². The van der Waals surface area contributed by atoms with Gasteiger partial charge in [0.1, 0.15) is 5.76 Å². The predicted molar refractivity (Wildman–Crippen MR) is 66.1 cm³/mol. The molecule has 17 heavy (non-hydrogen) atoms. The number of benzene rings is 1. The van der Waals surface area contributed by atoms with Gasteiger partial charge in [-0.15, -0.1) is 0 Å². The molecule has 2 heteroatoms. The standard InChI is InChI=1S/C15H14O2/c1-15(8-9-15)12-4-2-11(3-5-12)14-7-6-13(10-16)17-14/h2-7,10H,8-9H2,1H3. The smallest absolute Gasteiger partial charge is 0.185 e. The molecule has 0 spiro atoms. The largest absolute Gasteiger partial charge is 0.453 e. The molecule has 86 valence electrons. The molecule has 1 heterocycles. The molecule has 0 bridgehead atoms. The van der Waals surface area contributed by atoms with E-state index in [0.717, 1.165) is 17.6 Å². The minimum Gasteiger partial charge on any atom is -0.453 e. The van der Waals surface area contributed by atoms with Gasteiger partial charge in [0.2, 0.25) is 0 Å². The molecule has 0 atom stereocenters. The number of hydrogen-bond acceptors (Lipinski definition) is 2. The van der Waals surface area contributed by atoms with Crippen LogP contribution in [0.4, 0.5) is 0 Å². The zero-order chi connectivity index (χ0) is 11.9. The van der Waals surface area contributed by atoms with Crippen molar-refractivity contribution in [3.63, 3.8) is 0 Å². The third-order valence-corrected chi connectivity index (χ3v) is 3.61. The van der Waals surface area contributed by atoms with E-state index in [9.17, 15) is 4.79 Å². The fourth-order valence-corrected chi connectivity index (χ4v) is 2.08. The number of carbonyl (C=O) groups excluding carboxylic acids is 1. The van der Waals surface area contributed by atoms with Crippen molar-refractivity contribution in [3.05, 3.63) is 47.7 Å². The fraction of sp³-hybridized carbons (Fsp3) is 0.267. The number of aldehydes is 1. The predicted octanol–water partition coefficient (Wildman–Crippen LogP) is 3.81. The molecule has 0 amide bonds. The van der Waals surface area contributed by atoms with Crippen molar-refractivity contribution in [1.82, 2.24) is 0 Å². The lowest BCUT2D eigenvalue weighted by Gasteiger charge is -2.08. The van der Waals surface area contributed by atoms with Crippen molar-refractivity contribution in [1.29, 1.82) is 0 Å². The molecular weight excluding hydrogens is 212 g/mol.